The van der Waals surface area contributed by atoms with Crippen LogP contribution in [0.5, 0.6) is 0 Å². The van der Waals surface area contributed by atoms with Crippen molar-refractivity contribution >= 4 is 28.5 Å². The Bertz CT molecular complexity index is 1330. The van der Waals surface area contributed by atoms with Gasteiger partial charge in [0.15, 0.2) is 0 Å². The largest absolute Gasteiger partial charge is 0.465 e. The van der Waals surface area contributed by atoms with Crippen LogP contribution in [0.4, 0.5) is 11.4 Å². The Morgan fingerprint density at radius 2 is 1.97 bits per heavy atom. The molecule has 2 aliphatic carbocycles. The quantitative estimate of drug-likeness (QED) is 0.347. The highest BCUT2D eigenvalue weighted by Crippen LogP contribution is 2.51. The van der Waals surface area contributed by atoms with Crippen LogP contribution in [0.3, 0.4) is 0 Å². The number of carbonyl (C=O) groups is 1. The first kappa shape index (κ1) is 19.4. The number of allylic oxidation sites excluding steroid dienone is 2. The number of hydrogen-bond acceptors (Lipinski definition) is 8. The topological polar surface area (TPSA) is 136 Å². The van der Waals surface area contributed by atoms with Crippen LogP contribution in [0.1, 0.15) is 21.7 Å². The molecule has 1 aromatic heterocycles. The number of para-hydroxylation sites is 1. The highest BCUT2D eigenvalue weighted by molar-refractivity contribution is 6.07. The first-order valence-electron chi connectivity index (χ1n) is 9.68. The Kier molecular flexibility index (Phi) is 4.59. The number of nitrogens with one attached hydrogen (secondary N) is 2. The molecule has 2 N–H and O–H groups in total. The molecule has 2 aromatic carbocycles. The molecule has 158 valence electrons. The maximum atomic E-state index is 12.3. The van der Waals surface area contributed by atoms with Gasteiger partial charge in [-0.3, -0.25) is 10.1 Å². The number of hydrogen-bond donors (Lipinski definition) is 2. The van der Waals surface area contributed by atoms with E-state index >= 15 is 0 Å². The van der Waals surface area contributed by atoms with E-state index < -0.39 is 16.9 Å². The van der Waals surface area contributed by atoms with Gasteiger partial charge in [-0.05, 0) is 33.6 Å². The number of methoxy groups -OCH3 is 1. The molecule has 0 fully saturated rings. The summed E-state index contributed by atoms with van der Waals surface area (Å²) in [5.74, 6) is -0.234. The second-order valence-electron chi connectivity index (χ2n) is 7.12. The zero-order valence-electron chi connectivity index (χ0n) is 16.8. The third-order valence-corrected chi connectivity index (χ3v) is 5.46. The van der Waals surface area contributed by atoms with Gasteiger partial charge in [0.1, 0.15) is 5.69 Å². The molecular formula is C22H16N6O4. The minimum Gasteiger partial charge on any atom is -0.465 e. The van der Waals surface area contributed by atoms with Crippen molar-refractivity contribution in [3.8, 4) is 0 Å². The summed E-state index contributed by atoms with van der Waals surface area (Å²) in [5, 5.41) is 29.3. The van der Waals surface area contributed by atoms with Crippen LogP contribution in [0, 0.1) is 10.1 Å². The number of carbonyl (C=O) groups excluding carboxylic acids is 1. The zero-order chi connectivity index (χ0) is 22.2. The van der Waals surface area contributed by atoms with Gasteiger partial charge in [0.2, 0.25) is 5.82 Å². The van der Waals surface area contributed by atoms with Crippen molar-refractivity contribution in [2.75, 3.05) is 12.4 Å². The van der Waals surface area contributed by atoms with Crippen LogP contribution in [-0.4, -0.2) is 44.7 Å². The normalized spacial score (nSPS) is 16.6. The van der Waals surface area contributed by atoms with E-state index in [1.807, 2.05) is 42.5 Å². The van der Waals surface area contributed by atoms with Gasteiger partial charge < -0.3 is 10.1 Å². The number of nitro groups is 1. The summed E-state index contributed by atoms with van der Waals surface area (Å²) in [4.78, 5) is 23.5. The fraction of sp³-hybridized carbons (Fsp3) is 0.0909. The zero-order valence-corrected chi connectivity index (χ0v) is 16.8. The molecule has 0 aliphatic heterocycles. The van der Waals surface area contributed by atoms with Crippen LogP contribution < -0.4 is 5.32 Å². The predicted molar refractivity (Wildman–Crippen MR) is 115 cm³/mol. The van der Waals surface area contributed by atoms with Gasteiger partial charge in [-0.15, -0.1) is 10.2 Å². The minimum absolute atomic E-state index is 0.0826. The first-order chi connectivity index (χ1) is 15.6. The number of rotatable bonds is 6. The van der Waals surface area contributed by atoms with Gasteiger partial charge in [0, 0.05) is 11.6 Å². The van der Waals surface area contributed by atoms with Crippen LogP contribution in [0.2, 0.25) is 0 Å². The maximum absolute atomic E-state index is 12.3. The van der Waals surface area contributed by atoms with Crippen molar-refractivity contribution in [2.24, 2.45) is 0 Å². The highest BCUT2D eigenvalue weighted by atomic mass is 16.6. The maximum Gasteiger partial charge on any atom is 0.340 e. The molecule has 1 atom stereocenters. The van der Waals surface area contributed by atoms with Crippen LogP contribution in [0.15, 0.2) is 71.8 Å². The Balaban J connectivity index is 1.63. The second-order valence-corrected chi connectivity index (χ2v) is 7.12. The first-order valence-corrected chi connectivity index (χ1v) is 9.68. The molecule has 0 amide bonds. The van der Waals surface area contributed by atoms with Crippen LogP contribution >= 0.6 is 0 Å². The molecule has 1 heterocycles. The Morgan fingerprint density at radius 3 is 2.66 bits per heavy atom. The number of tetrazole rings is 1. The third-order valence-electron chi connectivity index (χ3n) is 5.46. The number of aromatic amines is 1. The molecule has 2 aliphatic rings. The van der Waals surface area contributed by atoms with E-state index in [2.05, 4.69) is 25.9 Å². The lowest BCUT2D eigenvalue weighted by Crippen LogP contribution is -2.37. The second kappa shape index (κ2) is 7.58. The van der Waals surface area contributed by atoms with E-state index in [4.69, 9.17) is 4.74 Å². The fourth-order valence-corrected chi connectivity index (χ4v) is 4.06. The van der Waals surface area contributed by atoms with Crippen LogP contribution in [-0.2, 0) is 4.74 Å². The monoisotopic (exact) mass is 428 g/mol. The minimum atomic E-state index is -0.666. The van der Waals surface area contributed by atoms with Gasteiger partial charge >= 0.3 is 5.97 Å². The Hall–Kier alpha value is -4.60. The van der Waals surface area contributed by atoms with Crippen molar-refractivity contribution in [2.45, 2.75) is 6.04 Å². The molecule has 2 bridgehead atoms. The predicted octanol–water partition coefficient (Wildman–Crippen LogP) is 3.17. The lowest BCUT2D eigenvalue weighted by Gasteiger charge is -2.40. The molecule has 10 heteroatoms. The average molecular weight is 428 g/mol. The number of benzene rings is 2. The molecule has 0 saturated carbocycles. The number of H-pyrrole nitrogens is 1. The van der Waals surface area contributed by atoms with E-state index in [9.17, 15) is 14.9 Å². The average Bonchev–Trinajstić information content (AvgIpc) is 3.35. The molecule has 32 heavy (non-hydrogen) atoms. The number of nitrogens with zero attached hydrogens (tertiary/aromatic N) is 4. The van der Waals surface area contributed by atoms with E-state index in [-0.39, 0.29) is 16.9 Å². The van der Waals surface area contributed by atoms with Gasteiger partial charge in [-0.1, -0.05) is 48.6 Å². The molecule has 1 unspecified atom stereocenters. The molecule has 3 aromatic rings. The molecule has 0 saturated heterocycles. The van der Waals surface area contributed by atoms with Crippen molar-refractivity contribution in [1.82, 2.24) is 20.6 Å². The summed E-state index contributed by atoms with van der Waals surface area (Å²) in [6, 6.07) is 13.6. The number of esters is 1. The van der Waals surface area contributed by atoms with Crippen molar-refractivity contribution in [3.63, 3.8) is 0 Å². The molecule has 0 spiro atoms. The summed E-state index contributed by atoms with van der Waals surface area (Å²) in [7, 11) is 1.23. The van der Waals surface area contributed by atoms with Gasteiger partial charge in [-0.25, -0.2) is 4.79 Å². The number of fused-ring (bicyclic) bond motifs is 2. The third kappa shape index (κ3) is 2.97. The summed E-state index contributed by atoms with van der Waals surface area (Å²) < 4.78 is 4.84. The van der Waals surface area contributed by atoms with E-state index in [0.717, 1.165) is 27.9 Å². The summed E-state index contributed by atoms with van der Waals surface area (Å²) in [5.41, 5.74) is 4.37. The summed E-state index contributed by atoms with van der Waals surface area (Å²) in [6.07, 6.45) is 3.91. The van der Waals surface area contributed by atoms with Crippen molar-refractivity contribution in [1.29, 1.82) is 0 Å². The van der Waals surface area contributed by atoms with Gasteiger partial charge in [0.05, 0.1) is 23.6 Å². The smallest absolute Gasteiger partial charge is 0.340 e. The molecule has 5 rings (SSSR count). The van der Waals surface area contributed by atoms with Crippen molar-refractivity contribution < 1.29 is 14.5 Å². The van der Waals surface area contributed by atoms with Gasteiger partial charge in [-0.2, -0.15) is 5.21 Å². The number of nitro benzene ring substituents is 1. The molecule has 10 nitrogen and oxygen atoms in total. The molecule has 0 radical (unpaired) electrons. The standard InChI is InChI=1S/C22H16N6O4/c1-32-22(29)15-8-5-9-16(28(30)31)19(15)23-20-14-11-10-13(12-6-3-2-4-7-12)17(20)18(14)21-24-26-27-25-21/h2-11,20,23H,1H3,(H,24,25,26,27). The fourth-order valence-electron chi connectivity index (χ4n) is 4.06. The van der Waals surface area contributed by atoms with Crippen LogP contribution in [0.25, 0.3) is 11.1 Å². The highest BCUT2D eigenvalue weighted by Gasteiger charge is 2.43. The summed E-state index contributed by atoms with van der Waals surface area (Å²) >= 11 is 0. The van der Waals surface area contributed by atoms with Gasteiger partial charge in [0.25, 0.3) is 5.69 Å². The molecular weight excluding hydrogens is 412 g/mol. The van der Waals surface area contributed by atoms with E-state index in [1.54, 1.807) is 0 Å². The SMILES string of the molecule is COC(=O)c1cccc([N+](=O)[O-])c1NC1c2ccc(-c3ccccc3)c1c2-c1nn[nH]n1. The number of ether oxygens (including phenoxy) is 1. The van der Waals surface area contributed by atoms with E-state index in [1.165, 1.54) is 25.3 Å². The Labute approximate surface area is 181 Å². The van der Waals surface area contributed by atoms with E-state index in [0.29, 0.717) is 5.82 Å². The Morgan fingerprint density at radius 1 is 1.16 bits per heavy atom. The number of aromatic nitrogens is 4. The lowest BCUT2D eigenvalue weighted by atomic mass is 9.68. The summed E-state index contributed by atoms with van der Waals surface area (Å²) in [6.45, 7) is 0. The van der Waals surface area contributed by atoms with Crippen molar-refractivity contribution in [3.05, 3.63) is 98.9 Å². The number of anilines is 1. The lowest BCUT2D eigenvalue weighted by molar-refractivity contribution is -0.384.